The summed E-state index contributed by atoms with van der Waals surface area (Å²) in [4.78, 5) is 18.2. The molecule has 3 aromatic heterocycles. The highest BCUT2D eigenvalue weighted by molar-refractivity contribution is 5.94. The van der Waals surface area contributed by atoms with Crippen molar-refractivity contribution in [3.8, 4) is 11.1 Å². The summed E-state index contributed by atoms with van der Waals surface area (Å²) < 4.78 is 37.0. The number of likely N-dealkylation sites (tertiary alicyclic amines) is 1. The molecule has 0 bridgehead atoms. The van der Waals surface area contributed by atoms with Gasteiger partial charge in [-0.25, -0.2) is 18.6 Å². The van der Waals surface area contributed by atoms with Crippen molar-refractivity contribution in [2.24, 2.45) is 0 Å². The van der Waals surface area contributed by atoms with Crippen LogP contribution in [0.25, 0.3) is 27.7 Å². The molecule has 0 spiro atoms. The minimum absolute atomic E-state index is 0.0381. The van der Waals surface area contributed by atoms with Crippen molar-refractivity contribution in [2.75, 3.05) is 18.4 Å². The summed E-state index contributed by atoms with van der Waals surface area (Å²) >= 11 is 0. The molecule has 0 unspecified atom stereocenters. The summed E-state index contributed by atoms with van der Waals surface area (Å²) in [7, 11) is 0. The molecule has 1 aromatic carbocycles. The highest BCUT2D eigenvalue weighted by Crippen LogP contribution is 2.32. The zero-order valence-electron chi connectivity index (χ0n) is 20.7. The fourth-order valence-electron chi connectivity index (χ4n) is 4.52. The number of carbonyl (C=O) groups excluding carboxylic acids is 1. The zero-order chi connectivity index (χ0) is 25.6. The molecule has 0 saturated carbocycles. The first kappa shape index (κ1) is 23.9. The van der Waals surface area contributed by atoms with Gasteiger partial charge in [-0.3, -0.25) is 0 Å². The summed E-state index contributed by atoms with van der Waals surface area (Å²) in [6.45, 7) is 8.39. The van der Waals surface area contributed by atoms with E-state index >= 15 is 4.39 Å². The molecule has 0 aliphatic carbocycles. The first-order chi connectivity index (χ1) is 17.1. The summed E-state index contributed by atoms with van der Waals surface area (Å²) in [6, 6.07) is 4.46. The van der Waals surface area contributed by atoms with Crippen molar-refractivity contribution in [1.82, 2.24) is 24.5 Å². The number of nitrogens with one attached hydrogen (secondary N) is 1. The predicted octanol–water partition coefficient (Wildman–Crippen LogP) is 5.34. The molecule has 0 atom stereocenters. The number of aromatic nitrogens is 4. The second-order valence-electron chi connectivity index (χ2n) is 10.2. The third-order valence-corrected chi connectivity index (χ3v) is 6.16. The van der Waals surface area contributed by atoms with Gasteiger partial charge in [0.15, 0.2) is 11.5 Å². The van der Waals surface area contributed by atoms with Crippen LogP contribution in [0.3, 0.4) is 0 Å². The number of rotatable bonds is 3. The van der Waals surface area contributed by atoms with E-state index in [1.54, 1.807) is 34.7 Å². The number of pyridine rings is 1. The molecule has 36 heavy (non-hydrogen) atoms. The Morgan fingerprint density at radius 2 is 1.81 bits per heavy atom. The van der Waals surface area contributed by atoms with Crippen LogP contribution >= 0.6 is 0 Å². The first-order valence-corrected chi connectivity index (χ1v) is 11.9. The Labute approximate surface area is 207 Å². The van der Waals surface area contributed by atoms with Gasteiger partial charge in [-0.1, -0.05) is 0 Å². The normalized spacial score (nSPS) is 15.0. The van der Waals surface area contributed by atoms with Crippen molar-refractivity contribution in [1.29, 1.82) is 0 Å². The van der Waals surface area contributed by atoms with Crippen LogP contribution in [0.5, 0.6) is 0 Å². The summed E-state index contributed by atoms with van der Waals surface area (Å²) in [5, 5.41) is 11.9. The Bertz CT molecular complexity index is 1450. The van der Waals surface area contributed by atoms with Crippen LogP contribution in [0.15, 0.2) is 36.8 Å². The average molecular weight is 495 g/mol. The lowest BCUT2D eigenvalue weighted by molar-refractivity contribution is 0.0210. The second kappa shape index (κ2) is 9.00. The number of fused-ring (bicyclic) bond motifs is 2. The highest BCUT2D eigenvalue weighted by atomic mass is 19.1. The molecule has 1 N–H and O–H groups in total. The number of hydrogen-bond donors (Lipinski definition) is 1. The van der Waals surface area contributed by atoms with Gasteiger partial charge in [0.05, 0.1) is 28.5 Å². The summed E-state index contributed by atoms with van der Waals surface area (Å²) in [5.74, 6) is -0.964. The average Bonchev–Trinajstić information content (AvgIpc) is 3.19. The van der Waals surface area contributed by atoms with Crippen LogP contribution in [-0.4, -0.2) is 55.3 Å². The van der Waals surface area contributed by atoms with Crippen molar-refractivity contribution in [3.63, 3.8) is 0 Å². The van der Waals surface area contributed by atoms with Crippen LogP contribution < -0.4 is 5.32 Å². The van der Waals surface area contributed by atoms with Crippen LogP contribution in [0, 0.1) is 18.6 Å². The molecule has 1 fully saturated rings. The molecule has 10 heteroatoms. The van der Waals surface area contributed by atoms with Crippen LogP contribution in [0.2, 0.25) is 0 Å². The first-order valence-electron chi connectivity index (χ1n) is 11.9. The minimum Gasteiger partial charge on any atom is -0.444 e. The highest BCUT2D eigenvalue weighted by Gasteiger charge is 2.27. The number of nitrogens with zero attached hydrogens (tertiary/aromatic N) is 5. The Morgan fingerprint density at radius 1 is 1.08 bits per heavy atom. The number of carbonyl (C=O) groups is 1. The third-order valence-electron chi connectivity index (χ3n) is 6.16. The Morgan fingerprint density at radius 3 is 2.53 bits per heavy atom. The summed E-state index contributed by atoms with van der Waals surface area (Å²) in [5.41, 5.74) is 2.27. The van der Waals surface area contributed by atoms with Crippen LogP contribution in [-0.2, 0) is 4.74 Å². The fraction of sp³-hybridized carbons (Fsp3) is 0.385. The number of aryl methyl sites for hydroxylation is 1. The standard InChI is InChI=1S/C26H28F2N6O2/c1-15-13-34-14-17(10-20(28)24(34)30-15)16-9-19(27)23-21(11-16)32-29-12-22(23)31-18-5-7-33(8-6-18)25(35)36-26(2,3)4/h9-14,18H,5-8H2,1-4H3,(H,31,32). The van der Waals surface area contributed by atoms with Gasteiger partial charge in [-0.15, -0.1) is 0 Å². The molecule has 1 saturated heterocycles. The van der Waals surface area contributed by atoms with E-state index in [9.17, 15) is 9.18 Å². The van der Waals surface area contributed by atoms with E-state index in [1.165, 1.54) is 18.3 Å². The van der Waals surface area contributed by atoms with E-state index in [2.05, 4.69) is 20.5 Å². The summed E-state index contributed by atoms with van der Waals surface area (Å²) in [6.07, 6.45) is 5.99. The van der Waals surface area contributed by atoms with Gasteiger partial charge in [0.25, 0.3) is 0 Å². The molecular weight excluding hydrogens is 466 g/mol. The van der Waals surface area contributed by atoms with Gasteiger partial charge in [0.2, 0.25) is 0 Å². The molecule has 5 rings (SSSR count). The van der Waals surface area contributed by atoms with E-state index in [0.29, 0.717) is 59.3 Å². The quantitative estimate of drug-likeness (QED) is 0.414. The van der Waals surface area contributed by atoms with E-state index in [-0.39, 0.29) is 17.8 Å². The number of piperidine rings is 1. The molecule has 1 aliphatic rings. The number of hydrogen-bond acceptors (Lipinski definition) is 6. The minimum atomic E-state index is -0.542. The Hall–Kier alpha value is -3.82. The van der Waals surface area contributed by atoms with Gasteiger partial charge in [0, 0.05) is 37.1 Å². The van der Waals surface area contributed by atoms with E-state index in [4.69, 9.17) is 4.74 Å². The van der Waals surface area contributed by atoms with Crippen molar-refractivity contribution in [3.05, 3.63) is 54.1 Å². The topological polar surface area (TPSA) is 84.7 Å². The molecule has 4 aromatic rings. The van der Waals surface area contributed by atoms with Gasteiger partial charge in [-0.05, 0) is 64.3 Å². The van der Waals surface area contributed by atoms with E-state index in [0.717, 1.165) is 0 Å². The smallest absolute Gasteiger partial charge is 0.410 e. The number of imidazole rings is 1. The lowest BCUT2D eigenvalue weighted by Crippen LogP contribution is -2.44. The van der Waals surface area contributed by atoms with E-state index < -0.39 is 17.2 Å². The van der Waals surface area contributed by atoms with Gasteiger partial charge >= 0.3 is 6.09 Å². The number of ether oxygens (including phenoxy) is 1. The largest absolute Gasteiger partial charge is 0.444 e. The molecule has 188 valence electrons. The van der Waals surface area contributed by atoms with Gasteiger partial charge in [-0.2, -0.15) is 10.2 Å². The maximum absolute atomic E-state index is 15.4. The van der Waals surface area contributed by atoms with Crippen LogP contribution in [0.4, 0.5) is 19.3 Å². The van der Waals surface area contributed by atoms with E-state index in [1.807, 2.05) is 20.8 Å². The maximum Gasteiger partial charge on any atom is 0.410 e. The lowest BCUT2D eigenvalue weighted by atomic mass is 10.0. The molecule has 1 aliphatic heterocycles. The zero-order valence-corrected chi connectivity index (χ0v) is 20.7. The molecule has 8 nitrogen and oxygen atoms in total. The maximum atomic E-state index is 15.4. The lowest BCUT2D eigenvalue weighted by Gasteiger charge is -2.34. The van der Waals surface area contributed by atoms with Gasteiger partial charge in [0.1, 0.15) is 11.4 Å². The Balaban J connectivity index is 1.37. The van der Waals surface area contributed by atoms with Crippen molar-refractivity contribution >= 4 is 28.3 Å². The third kappa shape index (κ3) is 4.80. The number of amides is 1. The fourth-order valence-corrected chi connectivity index (χ4v) is 4.52. The Kier molecular flexibility index (Phi) is 5.97. The number of benzene rings is 1. The molecule has 4 heterocycles. The van der Waals surface area contributed by atoms with Crippen LogP contribution in [0.1, 0.15) is 39.3 Å². The molecule has 0 radical (unpaired) electrons. The van der Waals surface area contributed by atoms with Crippen molar-refractivity contribution < 1.29 is 18.3 Å². The number of anilines is 1. The van der Waals surface area contributed by atoms with Crippen molar-refractivity contribution in [2.45, 2.75) is 52.2 Å². The number of halogens is 2. The van der Waals surface area contributed by atoms with Gasteiger partial charge < -0.3 is 19.4 Å². The predicted molar refractivity (Wildman–Crippen MR) is 133 cm³/mol. The monoisotopic (exact) mass is 494 g/mol. The SMILES string of the molecule is Cc1cn2cc(-c3cc(F)c4c(NC5CCN(C(=O)OC(C)(C)C)CC5)cnnc4c3)cc(F)c2n1. The molecular formula is C26H28F2N6O2. The second-order valence-corrected chi connectivity index (χ2v) is 10.2. The molecule has 1 amide bonds.